The van der Waals surface area contributed by atoms with Crippen molar-refractivity contribution in [2.45, 2.75) is 26.8 Å². The average molecular weight is 448 g/mol. The Balaban J connectivity index is 1.91. The first-order chi connectivity index (χ1) is 15.3. The van der Waals surface area contributed by atoms with Gasteiger partial charge >= 0.3 is 5.97 Å². The number of para-hydroxylation sites is 1. The molecular formula is C26H22ClNO4. The van der Waals surface area contributed by atoms with E-state index in [0.29, 0.717) is 33.0 Å². The summed E-state index contributed by atoms with van der Waals surface area (Å²) in [6.45, 7) is 5.55. The van der Waals surface area contributed by atoms with Crippen LogP contribution in [-0.2, 0) is 0 Å². The van der Waals surface area contributed by atoms with E-state index in [4.69, 9.17) is 16.0 Å². The fourth-order valence-electron chi connectivity index (χ4n) is 3.90. The molecule has 0 bridgehead atoms. The molecule has 162 valence electrons. The molecule has 0 saturated heterocycles. The predicted octanol–water partition coefficient (Wildman–Crippen LogP) is 6.60. The molecule has 0 aliphatic rings. The molecule has 0 amide bonds. The number of rotatable bonds is 5. The third-order valence-electron chi connectivity index (χ3n) is 5.50. The Morgan fingerprint density at radius 1 is 1.06 bits per heavy atom. The molecule has 6 heteroatoms. The van der Waals surface area contributed by atoms with Gasteiger partial charge in [-0.15, -0.1) is 0 Å². The summed E-state index contributed by atoms with van der Waals surface area (Å²) in [4.78, 5) is 24.9. The van der Waals surface area contributed by atoms with Crippen molar-refractivity contribution in [2.75, 3.05) is 5.32 Å². The van der Waals surface area contributed by atoms with Gasteiger partial charge in [0.25, 0.3) is 0 Å². The number of halogens is 1. The van der Waals surface area contributed by atoms with E-state index in [9.17, 15) is 14.7 Å². The summed E-state index contributed by atoms with van der Waals surface area (Å²) in [7, 11) is 0. The van der Waals surface area contributed by atoms with Crippen LogP contribution in [0, 0.1) is 13.8 Å². The van der Waals surface area contributed by atoms with Crippen molar-refractivity contribution in [3.8, 4) is 11.3 Å². The normalized spacial score (nSPS) is 12.0. The number of aromatic carboxylic acids is 1. The summed E-state index contributed by atoms with van der Waals surface area (Å²) in [5.41, 5.74) is 3.77. The van der Waals surface area contributed by atoms with E-state index in [0.717, 1.165) is 16.7 Å². The minimum absolute atomic E-state index is 0.0728. The Hall–Kier alpha value is -3.57. The van der Waals surface area contributed by atoms with Gasteiger partial charge in [-0.1, -0.05) is 54.1 Å². The van der Waals surface area contributed by atoms with Gasteiger partial charge in [-0.3, -0.25) is 4.79 Å². The van der Waals surface area contributed by atoms with Crippen molar-refractivity contribution in [3.05, 3.63) is 98.2 Å². The van der Waals surface area contributed by atoms with Crippen LogP contribution < -0.4 is 10.7 Å². The summed E-state index contributed by atoms with van der Waals surface area (Å²) in [5.74, 6) is -0.561. The van der Waals surface area contributed by atoms with E-state index in [1.54, 1.807) is 19.1 Å². The molecule has 2 N–H and O–H groups in total. The van der Waals surface area contributed by atoms with Crippen LogP contribution in [0.3, 0.4) is 0 Å². The smallest absolute Gasteiger partial charge is 0.337 e. The van der Waals surface area contributed by atoms with E-state index in [-0.39, 0.29) is 17.0 Å². The molecule has 0 saturated carbocycles. The van der Waals surface area contributed by atoms with E-state index in [1.165, 1.54) is 6.07 Å². The first kappa shape index (κ1) is 21.7. The zero-order valence-corrected chi connectivity index (χ0v) is 18.7. The highest BCUT2D eigenvalue weighted by atomic mass is 35.5. The fraction of sp³-hybridized carbons (Fsp3) is 0.154. The van der Waals surface area contributed by atoms with Crippen LogP contribution >= 0.6 is 11.6 Å². The summed E-state index contributed by atoms with van der Waals surface area (Å²) in [6.07, 6.45) is 0. The lowest BCUT2D eigenvalue weighted by molar-refractivity contribution is 0.0698. The highest BCUT2D eigenvalue weighted by Crippen LogP contribution is 2.34. The van der Waals surface area contributed by atoms with Gasteiger partial charge < -0.3 is 14.8 Å². The molecule has 1 heterocycles. The highest BCUT2D eigenvalue weighted by molar-refractivity contribution is 6.34. The topological polar surface area (TPSA) is 79.5 Å². The van der Waals surface area contributed by atoms with Gasteiger partial charge in [-0.2, -0.15) is 0 Å². The molecule has 0 radical (unpaired) electrons. The molecule has 5 nitrogen and oxygen atoms in total. The number of hydrogen-bond donors (Lipinski definition) is 2. The number of fused-ring (bicyclic) bond motifs is 1. The van der Waals surface area contributed by atoms with E-state index < -0.39 is 5.97 Å². The van der Waals surface area contributed by atoms with Gasteiger partial charge in [-0.05, 0) is 44.5 Å². The minimum atomic E-state index is -1.08. The number of carboxylic acid groups (broad SMARTS) is 1. The van der Waals surface area contributed by atoms with Crippen molar-refractivity contribution in [1.29, 1.82) is 0 Å². The molecule has 4 aromatic rings. The Labute approximate surface area is 190 Å². The van der Waals surface area contributed by atoms with Crippen molar-refractivity contribution >= 4 is 34.2 Å². The van der Waals surface area contributed by atoms with Crippen LogP contribution in [0.15, 0.2) is 69.9 Å². The SMILES string of the molecule is Cc1cc(C(C)Nc2c(Cl)cccc2C(=O)O)c2oc(-c3ccccc3)c(C)c(=O)c2c1. The predicted molar refractivity (Wildman–Crippen MR) is 128 cm³/mol. The Morgan fingerprint density at radius 2 is 1.78 bits per heavy atom. The molecular weight excluding hydrogens is 426 g/mol. The quantitative estimate of drug-likeness (QED) is 0.360. The lowest BCUT2D eigenvalue weighted by Crippen LogP contribution is -2.14. The summed E-state index contributed by atoms with van der Waals surface area (Å²) in [5, 5.41) is 13.6. The van der Waals surface area contributed by atoms with Crippen LogP contribution in [0.25, 0.3) is 22.3 Å². The maximum Gasteiger partial charge on any atom is 0.337 e. The standard InChI is InChI=1S/C26H22ClNO4/c1-14-12-19(16(3)28-22-18(26(30)31)10-7-11-21(22)27)25-20(13-14)23(29)15(2)24(32-25)17-8-5-4-6-9-17/h4-13,16,28H,1-3H3,(H,30,31). The lowest BCUT2D eigenvalue weighted by atomic mass is 9.98. The molecule has 1 aromatic heterocycles. The molecule has 1 atom stereocenters. The van der Waals surface area contributed by atoms with Gasteiger partial charge in [0.15, 0.2) is 5.43 Å². The average Bonchev–Trinajstić information content (AvgIpc) is 2.77. The highest BCUT2D eigenvalue weighted by Gasteiger charge is 2.21. The zero-order valence-electron chi connectivity index (χ0n) is 17.9. The third-order valence-corrected chi connectivity index (χ3v) is 5.81. The first-order valence-electron chi connectivity index (χ1n) is 10.2. The van der Waals surface area contributed by atoms with Crippen LogP contribution in [0.2, 0.25) is 5.02 Å². The Bertz CT molecular complexity index is 1390. The minimum Gasteiger partial charge on any atom is -0.478 e. The summed E-state index contributed by atoms with van der Waals surface area (Å²) < 4.78 is 6.32. The molecule has 1 unspecified atom stereocenters. The number of anilines is 1. The largest absolute Gasteiger partial charge is 0.478 e. The van der Waals surface area contributed by atoms with E-state index in [2.05, 4.69) is 5.32 Å². The van der Waals surface area contributed by atoms with E-state index in [1.807, 2.05) is 56.3 Å². The molecule has 32 heavy (non-hydrogen) atoms. The second kappa shape index (κ2) is 8.52. The van der Waals surface area contributed by atoms with Crippen molar-refractivity contribution in [2.24, 2.45) is 0 Å². The molecule has 0 fully saturated rings. The van der Waals surface area contributed by atoms with Crippen LogP contribution in [0.5, 0.6) is 0 Å². The van der Waals surface area contributed by atoms with E-state index >= 15 is 0 Å². The number of carboxylic acids is 1. The number of carbonyl (C=O) groups is 1. The zero-order chi connectivity index (χ0) is 23.0. The van der Waals surface area contributed by atoms with Gasteiger partial charge in [0.1, 0.15) is 11.3 Å². The van der Waals surface area contributed by atoms with Crippen molar-refractivity contribution < 1.29 is 14.3 Å². The Morgan fingerprint density at radius 3 is 2.47 bits per heavy atom. The second-order valence-electron chi connectivity index (χ2n) is 7.82. The van der Waals surface area contributed by atoms with Gasteiger partial charge in [-0.25, -0.2) is 4.79 Å². The van der Waals surface area contributed by atoms with Gasteiger partial charge in [0.2, 0.25) is 0 Å². The maximum absolute atomic E-state index is 13.2. The van der Waals surface area contributed by atoms with Crippen molar-refractivity contribution in [3.63, 3.8) is 0 Å². The number of benzene rings is 3. The van der Waals surface area contributed by atoms with Gasteiger partial charge in [0.05, 0.1) is 27.7 Å². The molecule has 0 aliphatic carbocycles. The Kier molecular flexibility index (Phi) is 5.76. The monoisotopic (exact) mass is 447 g/mol. The number of hydrogen-bond acceptors (Lipinski definition) is 4. The number of nitrogens with one attached hydrogen (secondary N) is 1. The molecule has 0 spiro atoms. The van der Waals surface area contributed by atoms with Crippen molar-refractivity contribution in [1.82, 2.24) is 0 Å². The van der Waals surface area contributed by atoms with Crippen LogP contribution in [-0.4, -0.2) is 11.1 Å². The number of aryl methyl sites for hydroxylation is 1. The summed E-state index contributed by atoms with van der Waals surface area (Å²) >= 11 is 6.31. The third kappa shape index (κ3) is 3.87. The van der Waals surface area contributed by atoms with Crippen LogP contribution in [0.4, 0.5) is 5.69 Å². The summed E-state index contributed by atoms with van der Waals surface area (Å²) in [6, 6.07) is 17.6. The van der Waals surface area contributed by atoms with Gasteiger partial charge in [0, 0.05) is 16.7 Å². The molecule has 3 aromatic carbocycles. The fourth-order valence-corrected chi connectivity index (χ4v) is 4.13. The van der Waals surface area contributed by atoms with Crippen LogP contribution in [0.1, 0.15) is 40.0 Å². The molecule has 4 rings (SSSR count). The molecule has 0 aliphatic heterocycles. The maximum atomic E-state index is 13.2. The second-order valence-corrected chi connectivity index (χ2v) is 8.22. The lowest BCUT2D eigenvalue weighted by Gasteiger charge is -2.20. The first-order valence-corrected chi connectivity index (χ1v) is 10.6.